The monoisotopic (exact) mass is 181 g/mol. The van der Waals surface area contributed by atoms with Crippen molar-refractivity contribution in [1.29, 1.82) is 0 Å². The van der Waals surface area contributed by atoms with Crippen LogP contribution < -0.4 is 5.32 Å². The lowest BCUT2D eigenvalue weighted by molar-refractivity contribution is -0.0297. The summed E-state index contributed by atoms with van der Waals surface area (Å²) in [5.74, 6) is 0. The Morgan fingerprint density at radius 1 is 1.77 bits per heavy atom. The Balaban J connectivity index is 2.13. The Hall–Kier alpha value is -0.940. The molecule has 0 amide bonds. The Morgan fingerprint density at radius 2 is 2.69 bits per heavy atom. The van der Waals surface area contributed by atoms with Crippen LogP contribution in [-0.4, -0.2) is 34.7 Å². The van der Waals surface area contributed by atoms with Gasteiger partial charge in [-0.1, -0.05) is 12.1 Å². The van der Waals surface area contributed by atoms with E-state index >= 15 is 0 Å². The van der Waals surface area contributed by atoms with Gasteiger partial charge in [-0.3, -0.25) is 0 Å². The lowest BCUT2D eigenvalue weighted by atomic mass is 10.3. The van der Waals surface area contributed by atoms with E-state index in [-0.39, 0.29) is 6.23 Å². The highest BCUT2D eigenvalue weighted by molar-refractivity contribution is 4.92. The second kappa shape index (κ2) is 3.85. The van der Waals surface area contributed by atoms with E-state index in [2.05, 4.69) is 28.7 Å². The molecule has 5 heteroatoms. The van der Waals surface area contributed by atoms with Crippen LogP contribution in [0.15, 0.2) is 0 Å². The van der Waals surface area contributed by atoms with Gasteiger partial charge in [0.2, 0.25) is 0 Å². The molecule has 1 aliphatic heterocycles. The molecule has 0 aromatic carbocycles. The molecule has 1 saturated heterocycles. The summed E-state index contributed by atoms with van der Waals surface area (Å²) in [5.41, 5.74) is 0.994. The minimum absolute atomic E-state index is 0.0116. The number of hydrogen-bond acceptors (Lipinski definition) is 4. The molecule has 1 radical (unpaired) electrons. The summed E-state index contributed by atoms with van der Waals surface area (Å²) in [6.07, 6.45) is 3.72. The Bertz CT molecular complexity index is 267. The third-order valence-electron chi connectivity index (χ3n) is 2.11. The summed E-state index contributed by atoms with van der Waals surface area (Å²) in [4.78, 5) is 0. The number of nitrogens with one attached hydrogen (secondary N) is 1. The number of morpholine rings is 1. The first kappa shape index (κ1) is 8.65. The van der Waals surface area contributed by atoms with Gasteiger partial charge in [0.25, 0.3) is 0 Å². The zero-order valence-electron chi connectivity index (χ0n) is 7.66. The highest BCUT2D eigenvalue weighted by Gasteiger charge is 2.18. The van der Waals surface area contributed by atoms with Crippen molar-refractivity contribution in [1.82, 2.24) is 20.3 Å². The summed E-state index contributed by atoms with van der Waals surface area (Å²) >= 11 is 0. The highest BCUT2D eigenvalue weighted by Crippen LogP contribution is 2.11. The number of aryl methyl sites for hydroxylation is 1. The molecule has 2 heterocycles. The summed E-state index contributed by atoms with van der Waals surface area (Å²) < 4.78 is 7.34. The van der Waals surface area contributed by atoms with E-state index in [0.717, 1.165) is 31.8 Å². The maximum Gasteiger partial charge on any atom is 0.164 e. The molecule has 2 rings (SSSR count). The summed E-state index contributed by atoms with van der Waals surface area (Å²) in [7, 11) is 0. The fourth-order valence-corrected chi connectivity index (χ4v) is 1.41. The second-order valence-electron chi connectivity index (χ2n) is 2.98. The summed E-state index contributed by atoms with van der Waals surface area (Å²) in [6.45, 7) is 4.50. The quantitative estimate of drug-likeness (QED) is 0.684. The number of rotatable bonds is 2. The van der Waals surface area contributed by atoms with Gasteiger partial charge < -0.3 is 10.1 Å². The molecule has 1 unspecified atom stereocenters. The van der Waals surface area contributed by atoms with Gasteiger partial charge in [0.1, 0.15) is 6.20 Å². The molecule has 1 aliphatic rings. The van der Waals surface area contributed by atoms with Gasteiger partial charge in [-0.15, -0.1) is 5.10 Å². The first-order valence-electron chi connectivity index (χ1n) is 4.56. The minimum Gasteiger partial charge on any atom is -0.354 e. The van der Waals surface area contributed by atoms with Gasteiger partial charge in [0, 0.05) is 13.1 Å². The van der Waals surface area contributed by atoms with E-state index in [1.54, 1.807) is 4.68 Å². The average molecular weight is 181 g/mol. The SMILES string of the molecule is CCc1[c]nnn1C1CNCCO1. The van der Waals surface area contributed by atoms with Gasteiger partial charge in [0.05, 0.1) is 12.3 Å². The van der Waals surface area contributed by atoms with Crippen molar-refractivity contribution in [2.75, 3.05) is 19.7 Å². The number of ether oxygens (including phenoxy) is 1. The number of aromatic nitrogens is 3. The normalized spacial score (nSPS) is 23.3. The van der Waals surface area contributed by atoms with Crippen LogP contribution in [0, 0.1) is 6.20 Å². The van der Waals surface area contributed by atoms with Crippen LogP contribution in [0.3, 0.4) is 0 Å². The van der Waals surface area contributed by atoms with Crippen molar-refractivity contribution in [2.24, 2.45) is 0 Å². The molecule has 0 bridgehead atoms. The first-order chi connectivity index (χ1) is 6.42. The Morgan fingerprint density at radius 3 is 3.38 bits per heavy atom. The topological polar surface area (TPSA) is 52.0 Å². The molecule has 1 aromatic rings. The van der Waals surface area contributed by atoms with Crippen LogP contribution in [0.25, 0.3) is 0 Å². The molecule has 13 heavy (non-hydrogen) atoms. The van der Waals surface area contributed by atoms with Crippen molar-refractivity contribution in [3.05, 3.63) is 11.9 Å². The fourth-order valence-electron chi connectivity index (χ4n) is 1.41. The maximum atomic E-state index is 5.54. The van der Waals surface area contributed by atoms with Crippen molar-refractivity contribution in [3.63, 3.8) is 0 Å². The number of nitrogens with zero attached hydrogens (tertiary/aromatic N) is 3. The first-order valence-corrected chi connectivity index (χ1v) is 4.56. The molecule has 0 aliphatic carbocycles. The largest absolute Gasteiger partial charge is 0.354 e. The molecular formula is C8H13N4O. The molecule has 5 nitrogen and oxygen atoms in total. The molecular weight excluding hydrogens is 168 g/mol. The van der Waals surface area contributed by atoms with E-state index in [4.69, 9.17) is 4.74 Å². The van der Waals surface area contributed by atoms with Gasteiger partial charge in [-0.05, 0) is 6.42 Å². The van der Waals surface area contributed by atoms with Crippen molar-refractivity contribution >= 4 is 0 Å². The molecule has 1 N–H and O–H groups in total. The molecule has 1 aromatic heterocycles. The van der Waals surface area contributed by atoms with Crippen molar-refractivity contribution < 1.29 is 4.74 Å². The standard InChI is InChI=1S/C8H13N4O/c1-2-7-5-10-11-12(7)8-6-9-3-4-13-8/h8-9H,2-4,6H2,1H3. The predicted octanol–water partition coefficient (Wildman–Crippen LogP) is -0.241. The predicted molar refractivity (Wildman–Crippen MR) is 46.1 cm³/mol. The zero-order valence-corrected chi connectivity index (χ0v) is 7.66. The molecule has 1 atom stereocenters. The zero-order chi connectivity index (χ0) is 9.10. The minimum atomic E-state index is -0.0116. The third-order valence-corrected chi connectivity index (χ3v) is 2.11. The van der Waals surface area contributed by atoms with Gasteiger partial charge >= 0.3 is 0 Å². The lowest BCUT2D eigenvalue weighted by Gasteiger charge is -2.24. The molecule has 71 valence electrons. The summed E-state index contributed by atoms with van der Waals surface area (Å²) in [6, 6.07) is 0. The van der Waals surface area contributed by atoms with E-state index in [1.165, 1.54) is 0 Å². The van der Waals surface area contributed by atoms with Crippen molar-refractivity contribution in [3.8, 4) is 0 Å². The highest BCUT2D eigenvalue weighted by atomic mass is 16.5. The van der Waals surface area contributed by atoms with Crippen LogP contribution in [0.1, 0.15) is 18.8 Å². The Labute approximate surface area is 77.1 Å². The molecule has 1 fully saturated rings. The van der Waals surface area contributed by atoms with Gasteiger partial charge in [-0.25, -0.2) is 4.68 Å². The number of hydrogen-bond donors (Lipinski definition) is 1. The van der Waals surface area contributed by atoms with Crippen LogP contribution in [0.4, 0.5) is 0 Å². The second-order valence-corrected chi connectivity index (χ2v) is 2.98. The maximum absolute atomic E-state index is 5.54. The third kappa shape index (κ3) is 1.71. The van der Waals surface area contributed by atoms with Gasteiger partial charge in [-0.2, -0.15) is 0 Å². The smallest absolute Gasteiger partial charge is 0.164 e. The van der Waals surface area contributed by atoms with E-state index in [0.29, 0.717) is 0 Å². The van der Waals surface area contributed by atoms with Crippen LogP contribution in [-0.2, 0) is 11.2 Å². The van der Waals surface area contributed by atoms with Crippen LogP contribution in [0.5, 0.6) is 0 Å². The van der Waals surface area contributed by atoms with Crippen molar-refractivity contribution in [2.45, 2.75) is 19.6 Å². The van der Waals surface area contributed by atoms with Crippen LogP contribution >= 0.6 is 0 Å². The van der Waals surface area contributed by atoms with Gasteiger partial charge in [0.15, 0.2) is 6.23 Å². The summed E-state index contributed by atoms with van der Waals surface area (Å²) in [5, 5.41) is 11.0. The molecule has 0 saturated carbocycles. The fraction of sp³-hybridized carbons (Fsp3) is 0.750. The average Bonchev–Trinajstić information content (AvgIpc) is 2.67. The van der Waals surface area contributed by atoms with E-state index in [9.17, 15) is 0 Å². The van der Waals surface area contributed by atoms with Crippen LogP contribution in [0.2, 0.25) is 0 Å². The van der Waals surface area contributed by atoms with E-state index in [1.807, 2.05) is 0 Å². The lowest BCUT2D eigenvalue weighted by Crippen LogP contribution is -2.37. The Kier molecular flexibility index (Phi) is 2.56. The van der Waals surface area contributed by atoms with E-state index < -0.39 is 0 Å². The molecule has 0 spiro atoms.